The van der Waals surface area contributed by atoms with Gasteiger partial charge in [-0.2, -0.15) is 0 Å². The summed E-state index contributed by atoms with van der Waals surface area (Å²) >= 11 is 0. The van der Waals surface area contributed by atoms with Crippen molar-refractivity contribution in [1.82, 2.24) is 5.32 Å². The standard InChI is InChI=1S/C19H31NO/c1-4-17(16-9-5-6-10-18(16)21)20-14-19(13-15(2)3)11-7-8-12-19/h5-6,9-10,15,17,20-21H,4,7-8,11-14H2,1-3H3. The minimum Gasteiger partial charge on any atom is -0.508 e. The molecule has 1 saturated carbocycles. The normalized spacial score (nSPS) is 19.0. The molecular weight excluding hydrogens is 258 g/mol. The van der Waals surface area contributed by atoms with Crippen LogP contribution in [-0.4, -0.2) is 11.7 Å². The molecule has 21 heavy (non-hydrogen) atoms. The van der Waals surface area contributed by atoms with Crippen LogP contribution in [0.3, 0.4) is 0 Å². The summed E-state index contributed by atoms with van der Waals surface area (Å²) in [5, 5.41) is 13.8. The number of aromatic hydroxyl groups is 1. The van der Waals surface area contributed by atoms with Gasteiger partial charge in [-0.3, -0.25) is 0 Å². The molecule has 0 saturated heterocycles. The molecule has 1 aliphatic carbocycles. The van der Waals surface area contributed by atoms with Crippen LogP contribution in [0.25, 0.3) is 0 Å². The SMILES string of the molecule is CCC(NCC1(CC(C)C)CCCC1)c1ccccc1O. The molecule has 0 aromatic heterocycles. The third-order valence-corrected chi connectivity index (χ3v) is 4.95. The highest BCUT2D eigenvalue weighted by Crippen LogP contribution is 2.43. The van der Waals surface area contributed by atoms with Crippen molar-refractivity contribution in [2.24, 2.45) is 11.3 Å². The largest absolute Gasteiger partial charge is 0.508 e. The van der Waals surface area contributed by atoms with E-state index in [0.717, 1.165) is 24.4 Å². The van der Waals surface area contributed by atoms with Crippen molar-refractivity contribution in [3.05, 3.63) is 29.8 Å². The van der Waals surface area contributed by atoms with Crippen LogP contribution in [-0.2, 0) is 0 Å². The van der Waals surface area contributed by atoms with Crippen LogP contribution in [0.5, 0.6) is 5.75 Å². The van der Waals surface area contributed by atoms with Crippen molar-refractivity contribution in [3.63, 3.8) is 0 Å². The van der Waals surface area contributed by atoms with Crippen LogP contribution in [0.2, 0.25) is 0 Å². The van der Waals surface area contributed by atoms with E-state index in [0.29, 0.717) is 11.2 Å². The van der Waals surface area contributed by atoms with Crippen molar-refractivity contribution in [2.75, 3.05) is 6.54 Å². The zero-order chi connectivity index (χ0) is 15.3. The minimum absolute atomic E-state index is 0.260. The third-order valence-electron chi connectivity index (χ3n) is 4.95. The molecule has 1 fully saturated rings. The maximum absolute atomic E-state index is 10.1. The second kappa shape index (κ2) is 7.31. The Labute approximate surface area is 130 Å². The first-order valence-corrected chi connectivity index (χ1v) is 8.57. The van der Waals surface area contributed by atoms with E-state index in [1.807, 2.05) is 18.2 Å². The van der Waals surface area contributed by atoms with E-state index in [4.69, 9.17) is 0 Å². The fourth-order valence-corrected chi connectivity index (χ4v) is 4.04. The fraction of sp³-hybridized carbons (Fsp3) is 0.684. The lowest BCUT2D eigenvalue weighted by Crippen LogP contribution is -2.35. The molecule has 0 amide bonds. The van der Waals surface area contributed by atoms with Gasteiger partial charge in [-0.1, -0.05) is 51.8 Å². The highest BCUT2D eigenvalue weighted by molar-refractivity contribution is 5.34. The van der Waals surface area contributed by atoms with Gasteiger partial charge >= 0.3 is 0 Å². The molecule has 2 nitrogen and oxygen atoms in total. The van der Waals surface area contributed by atoms with Gasteiger partial charge in [0.1, 0.15) is 5.75 Å². The van der Waals surface area contributed by atoms with Crippen molar-refractivity contribution < 1.29 is 5.11 Å². The van der Waals surface area contributed by atoms with Crippen molar-refractivity contribution >= 4 is 0 Å². The molecule has 2 rings (SSSR count). The molecule has 2 N–H and O–H groups in total. The first-order chi connectivity index (χ1) is 10.1. The van der Waals surface area contributed by atoms with Crippen molar-refractivity contribution in [2.45, 2.75) is 65.3 Å². The van der Waals surface area contributed by atoms with E-state index in [2.05, 4.69) is 26.1 Å². The van der Waals surface area contributed by atoms with Crippen LogP contribution in [0.1, 0.15) is 70.9 Å². The quantitative estimate of drug-likeness (QED) is 0.737. The first kappa shape index (κ1) is 16.4. The van der Waals surface area contributed by atoms with Crippen molar-refractivity contribution in [3.8, 4) is 5.75 Å². The number of hydrogen-bond donors (Lipinski definition) is 2. The molecule has 1 aromatic carbocycles. The lowest BCUT2D eigenvalue weighted by molar-refractivity contribution is 0.213. The monoisotopic (exact) mass is 289 g/mol. The van der Waals surface area contributed by atoms with E-state index in [9.17, 15) is 5.11 Å². The molecule has 0 radical (unpaired) electrons. The summed E-state index contributed by atoms with van der Waals surface area (Å²) in [5.74, 6) is 1.18. The topological polar surface area (TPSA) is 32.3 Å². The van der Waals surface area contributed by atoms with Crippen LogP contribution >= 0.6 is 0 Å². The average molecular weight is 289 g/mol. The highest BCUT2D eigenvalue weighted by atomic mass is 16.3. The summed E-state index contributed by atoms with van der Waals surface area (Å²) in [5.41, 5.74) is 1.52. The molecule has 1 aliphatic rings. The second-order valence-electron chi connectivity index (χ2n) is 7.21. The Morgan fingerprint density at radius 2 is 1.86 bits per heavy atom. The maximum Gasteiger partial charge on any atom is 0.120 e. The zero-order valence-electron chi connectivity index (χ0n) is 13.9. The second-order valence-corrected chi connectivity index (χ2v) is 7.21. The molecule has 118 valence electrons. The maximum atomic E-state index is 10.1. The Morgan fingerprint density at radius 1 is 1.19 bits per heavy atom. The van der Waals surface area contributed by atoms with Gasteiger partial charge in [0, 0.05) is 18.2 Å². The van der Waals surface area contributed by atoms with Gasteiger partial charge in [0.2, 0.25) is 0 Å². The smallest absolute Gasteiger partial charge is 0.120 e. The van der Waals surface area contributed by atoms with Crippen LogP contribution in [0.4, 0.5) is 0 Å². The number of benzene rings is 1. The number of para-hydroxylation sites is 1. The fourth-order valence-electron chi connectivity index (χ4n) is 4.04. The third kappa shape index (κ3) is 4.23. The molecular formula is C19H31NO. The number of phenolic OH excluding ortho intramolecular Hbond substituents is 1. The summed E-state index contributed by atoms with van der Waals surface area (Å²) in [7, 11) is 0. The lowest BCUT2D eigenvalue weighted by Gasteiger charge is -2.33. The van der Waals surface area contributed by atoms with Gasteiger partial charge in [0.25, 0.3) is 0 Å². The molecule has 0 spiro atoms. The molecule has 1 atom stereocenters. The van der Waals surface area contributed by atoms with E-state index in [1.54, 1.807) is 6.07 Å². The molecule has 0 heterocycles. The number of hydrogen-bond acceptors (Lipinski definition) is 2. The first-order valence-electron chi connectivity index (χ1n) is 8.57. The van der Waals surface area contributed by atoms with E-state index < -0.39 is 0 Å². The predicted molar refractivity (Wildman–Crippen MR) is 89.5 cm³/mol. The molecule has 0 bridgehead atoms. The van der Waals surface area contributed by atoms with E-state index in [-0.39, 0.29) is 6.04 Å². The number of phenols is 1. The van der Waals surface area contributed by atoms with Crippen LogP contribution in [0.15, 0.2) is 24.3 Å². The minimum atomic E-state index is 0.260. The van der Waals surface area contributed by atoms with Gasteiger partial charge in [0.15, 0.2) is 0 Å². The molecule has 1 aromatic rings. The number of rotatable bonds is 7. The Hall–Kier alpha value is -1.02. The highest BCUT2D eigenvalue weighted by Gasteiger charge is 2.34. The summed E-state index contributed by atoms with van der Waals surface area (Å²) in [6.07, 6.45) is 7.79. The van der Waals surface area contributed by atoms with Crippen molar-refractivity contribution in [1.29, 1.82) is 0 Å². The predicted octanol–water partition coefficient (Wildman–Crippen LogP) is 5.04. The van der Waals surface area contributed by atoms with E-state index in [1.165, 1.54) is 32.1 Å². The Morgan fingerprint density at radius 3 is 2.43 bits per heavy atom. The summed E-state index contributed by atoms with van der Waals surface area (Å²) in [4.78, 5) is 0. The van der Waals surface area contributed by atoms with Gasteiger partial charge in [-0.15, -0.1) is 0 Å². The molecule has 1 unspecified atom stereocenters. The summed E-state index contributed by atoms with van der Waals surface area (Å²) in [6, 6.07) is 8.00. The van der Waals surface area contributed by atoms with E-state index >= 15 is 0 Å². The van der Waals surface area contributed by atoms with Gasteiger partial charge in [-0.05, 0) is 43.1 Å². The van der Waals surface area contributed by atoms with Gasteiger partial charge in [0.05, 0.1) is 0 Å². The Balaban J connectivity index is 2.03. The number of nitrogens with one attached hydrogen (secondary N) is 1. The van der Waals surface area contributed by atoms with Gasteiger partial charge < -0.3 is 10.4 Å². The van der Waals surface area contributed by atoms with Crippen LogP contribution < -0.4 is 5.32 Å². The molecule has 0 aliphatic heterocycles. The summed E-state index contributed by atoms with van der Waals surface area (Å²) < 4.78 is 0. The average Bonchev–Trinajstić information content (AvgIpc) is 2.89. The zero-order valence-corrected chi connectivity index (χ0v) is 13.9. The lowest BCUT2D eigenvalue weighted by atomic mass is 9.78. The Kier molecular flexibility index (Phi) is 5.69. The van der Waals surface area contributed by atoms with Gasteiger partial charge in [-0.25, -0.2) is 0 Å². The summed E-state index contributed by atoms with van der Waals surface area (Å²) in [6.45, 7) is 7.94. The molecule has 2 heteroatoms. The Bertz CT molecular complexity index is 435. The van der Waals surface area contributed by atoms with Crippen LogP contribution in [0, 0.1) is 11.3 Å².